The molecular weight excluding hydrogens is 230 g/mol. The number of hydrogen-bond donors (Lipinski definition) is 2. The molecule has 4 heteroatoms. The molecule has 0 aromatic rings. The Bertz CT molecular complexity index is 253. The van der Waals surface area contributed by atoms with Gasteiger partial charge in [0.15, 0.2) is 0 Å². The minimum Gasteiger partial charge on any atom is -0.395 e. The van der Waals surface area contributed by atoms with Crippen LogP contribution >= 0.6 is 0 Å². The fourth-order valence-corrected chi connectivity index (χ4v) is 3.76. The Morgan fingerprint density at radius 1 is 1.39 bits per heavy atom. The molecule has 0 bridgehead atoms. The van der Waals surface area contributed by atoms with E-state index in [-0.39, 0.29) is 12.6 Å². The van der Waals surface area contributed by atoms with Crippen LogP contribution in [0.2, 0.25) is 0 Å². The highest BCUT2D eigenvalue weighted by Crippen LogP contribution is 2.54. The van der Waals surface area contributed by atoms with E-state index in [9.17, 15) is 5.11 Å². The molecule has 18 heavy (non-hydrogen) atoms. The van der Waals surface area contributed by atoms with Crippen molar-refractivity contribution in [3.63, 3.8) is 0 Å². The highest BCUT2D eigenvalue weighted by molar-refractivity contribution is 5.10. The number of aliphatic hydroxyl groups is 1. The van der Waals surface area contributed by atoms with Crippen LogP contribution in [0.4, 0.5) is 0 Å². The highest BCUT2D eigenvalue weighted by Gasteiger charge is 2.56. The lowest BCUT2D eigenvalue weighted by Crippen LogP contribution is -2.65. The number of nitrogens with one attached hydrogen (secondary N) is 1. The Morgan fingerprint density at radius 2 is 2.11 bits per heavy atom. The lowest BCUT2D eigenvalue weighted by Gasteiger charge is -2.55. The van der Waals surface area contributed by atoms with Crippen LogP contribution in [0.3, 0.4) is 0 Å². The summed E-state index contributed by atoms with van der Waals surface area (Å²) >= 11 is 0. The van der Waals surface area contributed by atoms with Crippen molar-refractivity contribution in [1.29, 1.82) is 0 Å². The first-order valence-corrected chi connectivity index (χ1v) is 7.24. The van der Waals surface area contributed by atoms with Crippen LogP contribution < -0.4 is 5.32 Å². The van der Waals surface area contributed by atoms with E-state index in [0.29, 0.717) is 24.2 Å². The standard InChI is InChI=1S/C14H27NO3/c1-3-18-13-8-12(14(13)6-4-5-7-14)15-11(9-16)10-17-2/h11-13,15-16H,3-10H2,1-2H3. The van der Waals surface area contributed by atoms with Gasteiger partial charge < -0.3 is 19.9 Å². The molecule has 4 nitrogen and oxygen atoms in total. The van der Waals surface area contributed by atoms with Gasteiger partial charge in [-0.3, -0.25) is 0 Å². The maximum absolute atomic E-state index is 9.35. The van der Waals surface area contributed by atoms with E-state index in [4.69, 9.17) is 9.47 Å². The van der Waals surface area contributed by atoms with E-state index in [2.05, 4.69) is 12.2 Å². The van der Waals surface area contributed by atoms with Gasteiger partial charge in [-0.15, -0.1) is 0 Å². The first-order chi connectivity index (χ1) is 8.76. The first-order valence-electron chi connectivity index (χ1n) is 7.24. The summed E-state index contributed by atoms with van der Waals surface area (Å²) in [6, 6.07) is 0.545. The van der Waals surface area contributed by atoms with Gasteiger partial charge >= 0.3 is 0 Å². The maximum atomic E-state index is 9.35. The summed E-state index contributed by atoms with van der Waals surface area (Å²) in [5.41, 5.74) is 0.331. The summed E-state index contributed by atoms with van der Waals surface area (Å²) in [7, 11) is 1.68. The third kappa shape index (κ3) is 2.57. The largest absolute Gasteiger partial charge is 0.395 e. The van der Waals surface area contributed by atoms with Gasteiger partial charge in [0.2, 0.25) is 0 Å². The summed E-state index contributed by atoms with van der Waals surface area (Å²) < 4.78 is 11.0. The molecule has 0 radical (unpaired) electrons. The zero-order valence-electron chi connectivity index (χ0n) is 11.7. The van der Waals surface area contributed by atoms with Crippen molar-refractivity contribution in [2.45, 2.75) is 57.2 Å². The lowest BCUT2D eigenvalue weighted by molar-refractivity contribution is -0.134. The van der Waals surface area contributed by atoms with Crippen LogP contribution in [0.1, 0.15) is 39.0 Å². The van der Waals surface area contributed by atoms with Crippen LogP contribution in [-0.2, 0) is 9.47 Å². The molecule has 2 fully saturated rings. The van der Waals surface area contributed by atoms with Crippen LogP contribution in [-0.4, -0.2) is 50.2 Å². The van der Waals surface area contributed by atoms with Crippen molar-refractivity contribution in [3.05, 3.63) is 0 Å². The monoisotopic (exact) mass is 257 g/mol. The van der Waals surface area contributed by atoms with Crippen molar-refractivity contribution < 1.29 is 14.6 Å². The van der Waals surface area contributed by atoms with Crippen molar-refractivity contribution in [2.24, 2.45) is 5.41 Å². The van der Waals surface area contributed by atoms with Gasteiger partial charge in [-0.25, -0.2) is 0 Å². The van der Waals surface area contributed by atoms with Crippen LogP contribution in [0, 0.1) is 5.41 Å². The average Bonchev–Trinajstić information content (AvgIpc) is 2.88. The third-order valence-electron chi connectivity index (χ3n) is 4.71. The first kappa shape index (κ1) is 14.3. The van der Waals surface area contributed by atoms with Crippen LogP contribution in [0.15, 0.2) is 0 Å². The molecule has 2 rings (SSSR count). The van der Waals surface area contributed by atoms with Crippen LogP contribution in [0.25, 0.3) is 0 Å². The van der Waals surface area contributed by atoms with Crippen molar-refractivity contribution in [2.75, 3.05) is 26.9 Å². The molecule has 0 heterocycles. The second kappa shape index (κ2) is 6.33. The topological polar surface area (TPSA) is 50.7 Å². The summed E-state index contributed by atoms with van der Waals surface area (Å²) in [6.45, 7) is 3.59. The Hall–Kier alpha value is -0.160. The van der Waals surface area contributed by atoms with Crippen molar-refractivity contribution in [1.82, 2.24) is 5.32 Å². The van der Waals surface area contributed by atoms with E-state index in [0.717, 1.165) is 13.0 Å². The van der Waals surface area contributed by atoms with Gasteiger partial charge in [0.25, 0.3) is 0 Å². The normalized spacial score (nSPS) is 31.5. The second-order valence-corrected chi connectivity index (χ2v) is 5.67. The molecule has 106 valence electrons. The zero-order chi connectivity index (χ0) is 13.0. The minimum absolute atomic E-state index is 0.0556. The molecule has 2 aliphatic carbocycles. The fraction of sp³-hybridized carbons (Fsp3) is 1.00. The van der Waals surface area contributed by atoms with Gasteiger partial charge in [-0.05, 0) is 26.2 Å². The Balaban J connectivity index is 1.93. The van der Waals surface area contributed by atoms with E-state index in [1.807, 2.05) is 0 Å². The number of methoxy groups -OCH3 is 1. The Labute approximate surface area is 110 Å². The SMILES string of the molecule is CCOC1CC(NC(CO)COC)C12CCCC2. The minimum atomic E-state index is 0.0556. The third-order valence-corrected chi connectivity index (χ3v) is 4.71. The molecule has 3 atom stereocenters. The van der Waals surface area contributed by atoms with Gasteiger partial charge in [0, 0.05) is 25.2 Å². The number of rotatable bonds is 7. The van der Waals surface area contributed by atoms with Gasteiger partial charge in [0.05, 0.1) is 25.4 Å². The number of hydrogen-bond acceptors (Lipinski definition) is 4. The van der Waals surface area contributed by atoms with E-state index in [1.54, 1.807) is 7.11 Å². The molecule has 3 unspecified atom stereocenters. The Kier molecular flexibility index (Phi) is 5.01. The number of aliphatic hydroxyl groups excluding tert-OH is 1. The molecule has 2 saturated carbocycles. The highest BCUT2D eigenvalue weighted by atomic mass is 16.5. The van der Waals surface area contributed by atoms with Gasteiger partial charge in [-0.2, -0.15) is 0 Å². The molecular formula is C14H27NO3. The van der Waals surface area contributed by atoms with Crippen molar-refractivity contribution in [3.8, 4) is 0 Å². The van der Waals surface area contributed by atoms with Crippen molar-refractivity contribution >= 4 is 0 Å². The summed E-state index contributed by atoms with van der Waals surface area (Å²) in [5.74, 6) is 0. The molecule has 0 aromatic carbocycles. The predicted octanol–water partition coefficient (Wildman–Crippen LogP) is 1.32. The summed E-state index contributed by atoms with van der Waals surface area (Å²) in [4.78, 5) is 0. The van der Waals surface area contributed by atoms with Gasteiger partial charge in [0.1, 0.15) is 0 Å². The van der Waals surface area contributed by atoms with Gasteiger partial charge in [-0.1, -0.05) is 12.8 Å². The number of ether oxygens (including phenoxy) is 2. The molecule has 0 saturated heterocycles. The van der Waals surface area contributed by atoms with E-state index >= 15 is 0 Å². The smallest absolute Gasteiger partial charge is 0.0661 e. The average molecular weight is 257 g/mol. The van der Waals surface area contributed by atoms with Crippen LogP contribution in [0.5, 0.6) is 0 Å². The molecule has 0 amide bonds. The molecule has 2 N–H and O–H groups in total. The Morgan fingerprint density at radius 3 is 2.67 bits per heavy atom. The summed E-state index contributed by atoms with van der Waals surface area (Å²) in [6.07, 6.45) is 6.66. The summed E-state index contributed by atoms with van der Waals surface area (Å²) in [5, 5.41) is 12.9. The zero-order valence-corrected chi connectivity index (χ0v) is 11.7. The molecule has 0 aliphatic heterocycles. The fourth-order valence-electron chi connectivity index (χ4n) is 3.76. The predicted molar refractivity (Wildman–Crippen MR) is 70.6 cm³/mol. The molecule has 2 aliphatic rings. The molecule has 0 aromatic heterocycles. The van der Waals surface area contributed by atoms with E-state index in [1.165, 1.54) is 25.7 Å². The van der Waals surface area contributed by atoms with E-state index < -0.39 is 0 Å². The lowest BCUT2D eigenvalue weighted by atomic mass is 9.60. The second-order valence-electron chi connectivity index (χ2n) is 5.67. The molecule has 1 spiro atoms. The quantitative estimate of drug-likeness (QED) is 0.722. The maximum Gasteiger partial charge on any atom is 0.0661 e.